The molecular formula is C7H10N4. The van der Waals surface area contributed by atoms with E-state index in [-0.39, 0.29) is 0 Å². The monoisotopic (exact) mass is 150 g/mol. The molecule has 0 saturated heterocycles. The maximum absolute atomic E-state index is 5.65. The van der Waals surface area contributed by atoms with Crippen molar-refractivity contribution in [2.24, 2.45) is 7.05 Å². The molecule has 0 spiro atoms. The Morgan fingerprint density at radius 2 is 2.09 bits per heavy atom. The van der Waals surface area contributed by atoms with Gasteiger partial charge in [0, 0.05) is 19.2 Å². The van der Waals surface area contributed by atoms with Crippen molar-refractivity contribution >= 4 is 22.7 Å². The summed E-state index contributed by atoms with van der Waals surface area (Å²) in [7, 11) is 1.91. The molecule has 11 heavy (non-hydrogen) atoms. The number of hydrogen-bond acceptors (Lipinski definition) is 2. The molecule has 2 rings (SSSR count). The smallest absolute Gasteiger partial charge is 0.105 e. The molecule has 0 aliphatic rings. The molecule has 2 heterocycles. The van der Waals surface area contributed by atoms with Crippen LogP contribution >= 0.6 is 0 Å². The van der Waals surface area contributed by atoms with Gasteiger partial charge in [-0.3, -0.25) is 0 Å². The number of nitrogens with zero attached hydrogens (tertiary/aromatic N) is 1. The molecule has 2 aromatic heterocycles. The van der Waals surface area contributed by atoms with Gasteiger partial charge < -0.3 is 21.0 Å². The lowest BCUT2D eigenvalue weighted by atomic mass is 10.5. The third-order valence-electron chi connectivity index (χ3n) is 1.89. The number of fused-ring (bicyclic) bond motifs is 1. The van der Waals surface area contributed by atoms with Gasteiger partial charge in [-0.05, 0) is 0 Å². The molecule has 58 valence electrons. The first-order valence-corrected chi connectivity index (χ1v) is 3.38. The number of anilines is 2. The molecule has 0 fully saturated rings. The third kappa shape index (κ3) is 0.690. The van der Waals surface area contributed by atoms with E-state index in [0.29, 0.717) is 5.82 Å². The van der Waals surface area contributed by atoms with Gasteiger partial charge in [-0.25, -0.2) is 0 Å². The molecule has 0 aromatic carbocycles. The Hall–Kier alpha value is -1.58. The van der Waals surface area contributed by atoms with Crippen LogP contribution < -0.4 is 11.5 Å². The number of aromatic amines is 1. The fourth-order valence-corrected chi connectivity index (χ4v) is 1.25. The largest absolute Gasteiger partial charge is 0.385 e. The predicted octanol–water partition coefficient (Wildman–Crippen LogP) is 0.671. The minimum absolute atomic E-state index is 0.672. The minimum atomic E-state index is 0.672. The lowest BCUT2D eigenvalue weighted by Crippen LogP contribution is -1.94. The Morgan fingerprint density at radius 1 is 1.36 bits per heavy atom. The Labute approximate surface area is 63.8 Å². The van der Waals surface area contributed by atoms with Gasteiger partial charge in [-0.2, -0.15) is 0 Å². The molecule has 0 atom stereocenters. The molecule has 4 nitrogen and oxygen atoms in total. The van der Waals surface area contributed by atoms with Crippen LogP contribution in [0.3, 0.4) is 0 Å². The molecule has 0 aliphatic carbocycles. The summed E-state index contributed by atoms with van der Waals surface area (Å²) in [5, 5.41) is 0. The van der Waals surface area contributed by atoms with Crippen molar-refractivity contribution in [3.8, 4) is 0 Å². The van der Waals surface area contributed by atoms with Crippen molar-refractivity contribution in [3.05, 3.63) is 12.1 Å². The molecule has 5 N–H and O–H groups in total. The maximum atomic E-state index is 5.65. The summed E-state index contributed by atoms with van der Waals surface area (Å²) >= 11 is 0. The van der Waals surface area contributed by atoms with Crippen molar-refractivity contribution in [2.45, 2.75) is 0 Å². The van der Waals surface area contributed by atoms with Crippen LogP contribution in [0.1, 0.15) is 0 Å². The van der Waals surface area contributed by atoms with E-state index in [9.17, 15) is 0 Å². The predicted molar refractivity (Wildman–Crippen MR) is 46.1 cm³/mol. The normalized spacial score (nSPS) is 11.0. The average molecular weight is 150 g/mol. The first-order valence-electron chi connectivity index (χ1n) is 3.38. The quantitative estimate of drug-likeness (QED) is 0.516. The lowest BCUT2D eigenvalue weighted by molar-refractivity contribution is 0.984. The summed E-state index contributed by atoms with van der Waals surface area (Å²) in [4.78, 5) is 3.00. The number of hydrogen-bond donors (Lipinski definition) is 3. The number of nitrogens with one attached hydrogen (secondary N) is 1. The van der Waals surface area contributed by atoms with E-state index in [0.717, 1.165) is 16.9 Å². The maximum Gasteiger partial charge on any atom is 0.105 e. The molecule has 0 bridgehead atoms. The van der Waals surface area contributed by atoms with Crippen LogP contribution in [0.25, 0.3) is 11.0 Å². The number of nitrogens with two attached hydrogens (primary N) is 2. The zero-order valence-corrected chi connectivity index (χ0v) is 6.26. The highest BCUT2D eigenvalue weighted by molar-refractivity contribution is 5.84. The number of nitrogen functional groups attached to an aromatic ring is 2. The molecule has 0 radical (unpaired) electrons. The van der Waals surface area contributed by atoms with Gasteiger partial charge in [0.1, 0.15) is 11.6 Å². The molecule has 4 heteroatoms. The van der Waals surface area contributed by atoms with Crippen LogP contribution in [-0.2, 0) is 7.05 Å². The van der Waals surface area contributed by atoms with Gasteiger partial charge in [0.25, 0.3) is 0 Å². The van der Waals surface area contributed by atoms with E-state index in [2.05, 4.69) is 4.98 Å². The Bertz CT molecular complexity index is 396. The highest BCUT2D eigenvalue weighted by Crippen LogP contribution is 2.21. The standard InChI is InChI=1S/C7H10N4/c1-11-5-3-6(8)10-4(5)2-7(11)9/h2-3,10H,8-9H2,1H3. The second-order valence-electron chi connectivity index (χ2n) is 2.65. The van der Waals surface area contributed by atoms with Gasteiger partial charge in [0.05, 0.1) is 11.0 Å². The van der Waals surface area contributed by atoms with E-state index >= 15 is 0 Å². The molecule has 2 aromatic rings. The zero-order valence-electron chi connectivity index (χ0n) is 6.26. The Kier molecular flexibility index (Phi) is 0.961. The van der Waals surface area contributed by atoms with Gasteiger partial charge >= 0.3 is 0 Å². The minimum Gasteiger partial charge on any atom is -0.385 e. The Morgan fingerprint density at radius 3 is 2.73 bits per heavy atom. The van der Waals surface area contributed by atoms with Crippen molar-refractivity contribution in [3.63, 3.8) is 0 Å². The molecule has 0 amide bonds. The van der Waals surface area contributed by atoms with E-state index in [1.54, 1.807) is 0 Å². The molecule has 0 aliphatic heterocycles. The van der Waals surface area contributed by atoms with Crippen molar-refractivity contribution in [1.82, 2.24) is 9.55 Å². The number of aromatic nitrogens is 2. The van der Waals surface area contributed by atoms with Crippen molar-refractivity contribution in [2.75, 3.05) is 11.5 Å². The summed E-state index contributed by atoms with van der Waals surface area (Å²) in [6.07, 6.45) is 0. The third-order valence-corrected chi connectivity index (χ3v) is 1.89. The summed E-state index contributed by atoms with van der Waals surface area (Å²) in [6.45, 7) is 0. The Balaban J connectivity index is 2.88. The highest BCUT2D eigenvalue weighted by Gasteiger charge is 2.04. The fourth-order valence-electron chi connectivity index (χ4n) is 1.25. The second kappa shape index (κ2) is 1.72. The van der Waals surface area contributed by atoms with Gasteiger partial charge in [0.2, 0.25) is 0 Å². The van der Waals surface area contributed by atoms with Crippen LogP contribution in [0.4, 0.5) is 11.6 Å². The highest BCUT2D eigenvalue weighted by atomic mass is 15.0. The van der Waals surface area contributed by atoms with Gasteiger partial charge in [-0.1, -0.05) is 0 Å². The molecule has 0 unspecified atom stereocenters. The average Bonchev–Trinajstić information content (AvgIpc) is 2.37. The van der Waals surface area contributed by atoms with Crippen molar-refractivity contribution < 1.29 is 0 Å². The lowest BCUT2D eigenvalue weighted by Gasteiger charge is -1.93. The van der Waals surface area contributed by atoms with Gasteiger partial charge in [-0.15, -0.1) is 0 Å². The van der Waals surface area contributed by atoms with Crippen LogP contribution in [0.5, 0.6) is 0 Å². The number of H-pyrrole nitrogens is 1. The van der Waals surface area contributed by atoms with Crippen LogP contribution in [0, 0.1) is 0 Å². The summed E-state index contributed by atoms with van der Waals surface area (Å²) < 4.78 is 1.89. The topological polar surface area (TPSA) is 72.8 Å². The first-order chi connectivity index (χ1) is 5.18. The van der Waals surface area contributed by atoms with E-state index in [4.69, 9.17) is 11.5 Å². The van der Waals surface area contributed by atoms with Crippen LogP contribution in [0.2, 0.25) is 0 Å². The SMILES string of the molecule is Cn1c(N)cc2[nH]c(N)cc21. The first kappa shape index (κ1) is 6.15. The summed E-state index contributed by atoms with van der Waals surface area (Å²) in [5.41, 5.74) is 13.2. The molecular weight excluding hydrogens is 140 g/mol. The summed E-state index contributed by atoms with van der Waals surface area (Å²) in [5.74, 6) is 1.41. The zero-order chi connectivity index (χ0) is 8.01. The van der Waals surface area contributed by atoms with Gasteiger partial charge in [0.15, 0.2) is 0 Å². The van der Waals surface area contributed by atoms with E-state index in [1.165, 1.54) is 0 Å². The van der Waals surface area contributed by atoms with E-state index in [1.807, 2.05) is 23.7 Å². The van der Waals surface area contributed by atoms with Crippen LogP contribution in [0.15, 0.2) is 12.1 Å². The fraction of sp³-hybridized carbons (Fsp3) is 0.143. The van der Waals surface area contributed by atoms with Crippen LogP contribution in [-0.4, -0.2) is 9.55 Å². The second-order valence-corrected chi connectivity index (χ2v) is 2.65. The summed E-state index contributed by atoms with van der Waals surface area (Å²) in [6, 6.07) is 3.73. The number of rotatable bonds is 0. The van der Waals surface area contributed by atoms with E-state index < -0.39 is 0 Å². The molecule has 0 saturated carbocycles. The number of aryl methyl sites for hydroxylation is 1. The van der Waals surface area contributed by atoms with Crippen molar-refractivity contribution in [1.29, 1.82) is 0 Å².